The molecule has 3 aromatic rings. The lowest BCUT2D eigenvalue weighted by Gasteiger charge is -1.99. The van der Waals surface area contributed by atoms with Crippen LogP contribution in [0, 0.1) is 6.92 Å². The number of anilines is 1. The Labute approximate surface area is 119 Å². The van der Waals surface area contributed by atoms with Gasteiger partial charge in [0, 0.05) is 6.20 Å². The molecule has 0 aliphatic carbocycles. The second-order valence-corrected chi connectivity index (χ2v) is 5.27. The number of nitrogens with one attached hydrogen (secondary N) is 1. The Morgan fingerprint density at radius 2 is 2.05 bits per heavy atom. The Balaban J connectivity index is 1.78. The quantitative estimate of drug-likeness (QED) is 0.801. The minimum Gasteiger partial charge on any atom is -0.296 e. The third-order valence-corrected chi connectivity index (χ3v) is 3.37. The topological polar surface area (TPSA) is 72.7 Å². The van der Waals surface area contributed by atoms with Crippen molar-refractivity contribution in [3.05, 3.63) is 53.3 Å². The van der Waals surface area contributed by atoms with Crippen molar-refractivity contribution in [3.63, 3.8) is 0 Å². The summed E-state index contributed by atoms with van der Waals surface area (Å²) < 4.78 is 1.65. The molecule has 0 atom stereocenters. The first-order valence-electron chi connectivity index (χ1n) is 5.94. The fourth-order valence-corrected chi connectivity index (χ4v) is 2.27. The monoisotopic (exact) mass is 285 g/mol. The molecule has 6 nitrogen and oxygen atoms in total. The smallest absolute Gasteiger partial charge is 0.260 e. The fraction of sp³-hybridized carbons (Fsp3) is 0.0769. The average molecular weight is 285 g/mol. The van der Waals surface area contributed by atoms with Crippen LogP contribution in [0.5, 0.6) is 0 Å². The molecule has 2 heterocycles. The number of benzene rings is 1. The van der Waals surface area contributed by atoms with Crippen LogP contribution in [-0.2, 0) is 0 Å². The number of carbonyl (C=O) groups is 1. The van der Waals surface area contributed by atoms with E-state index in [2.05, 4.69) is 20.6 Å². The molecule has 1 amide bonds. The van der Waals surface area contributed by atoms with Crippen LogP contribution in [0.4, 0.5) is 5.13 Å². The zero-order valence-electron chi connectivity index (χ0n) is 10.6. The van der Waals surface area contributed by atoms with Crippen molar-refractivity contribution in [1.82, 2.24) is 20.0 Å². The normalized spacial score (nSPS) is 10.4. The van der Waals surface area contributed by atoms with E-state index in [-0.39, 0.29) is 5.91 Å². The SMILES string of the molecule is Cc1nnc(NC(=O)c2cnn(-c3ccccc3)c2)s1. The summed E-state index contributed by atoms with van der Waals surface area (Å²) >= 11 is 1.33. The number of carbonyl (C=O) groups excluding carboxylic acids is 1. The molecule has 0 saturated heterocycles. The number of para-hydroxylation sites is 1. The molecule has 1 aromatic carbocycles. The number of amides is 1. The largest absolute Gasteiger partial charge is 0.296 e. The van der Waals surface area contributed by atoms with Crippen molar-refractivity contribution in [2.24, 2.45) is 0 Å². The van der Waals surface area contributed by atoms with E-state index in [1.165, 1.54) is 17.5 Å². The molecule has 0 fully saturated rings. The molecule has 1 N–H and O–H groups in total. The summed E-state index contributed by atoms with van der Waals surface area (Å²) in [6, 6.07) is 9.60. The van der Waals surface area contributed by atoms with Gasteiger partial charge in [0.25, 0.3) is 5.91 Å². The van der Waals surface area contributed by atoms with Gasteiger partial charge in [-0.2, -0.15) is 5.10 Å². The number of hydrogen-bond donors (Lipinski definition) is 1. The highest BCUT2D eigenvalue weighted by Gasteiger charge is 2.11. The van der Waals surface area contributed by atoms with Crippen LogP contribution in [-0.4, -0.2) is 25.9 Å². The van der Waals surface area contributed by atoms with E-state index in [0.717, 1.165) is 10.7 Å². The predicted octanol–water partition coefficient (Wildman–Crippen LogP) is 2.28. The maximum absolute atomic E-state index is 12.0. The summed E-state index contributed by atoms with van der Waals surface area (Å²) in [5, 5.41) is 15.9. The number of aryl methyl sites for hydroxylation is 1. The Morgan fingerprint density at radius 1 is 1.25 bits per heavy atom. The maximum atomic E-state index is 12.0. The van der Waals surface area contributed by atoms with Gasteiger partial charge in [-0.1, -0.05) is 29.5 Å². The first-order chi connectivity index (χ1) is 9.72. The van der Waals surface area contributed by atoms with Crippen LogP contribution in [0.15, 0.2) is 42.7 Å². The van der Waals surface area contributed by atoms with Crippen molar-refractivity contribution in [3.8, 4) is 5.69 Å². The number of aromatic nitrogens is 4. The maximum Gasteiger partial charge on any atom is 0.260 e. The second kappa shape index (κ2) is 5.22. The van der Waals surface area contributed by atoms with E-state index in [1.807, 2.05) is 37.3 Å². The van der Waals surface area contributed by atoms with Gasteiger partial charge in [-0.15, -0.1) is 10.2 Å². The van der Waals surface area contributed by atoms with Crippen LogP contribution in [0.1, 0.15) is 15.4 Å². The van der Waals surface area contributed by atoms with Crippen LogP contribution in [0.3, 0.4) is 0 Å². The zero-order valence-corrected chi connectivity index (χ0v) is 11.5. The fourth-order valence-electron chi connectivity index (χ4n) is 1.68. The first kappa shape index (κ1) is 12.5. The van der Waals surface area contributed by atoms with E-state index in [0.29, 0.717) is 10.7 Å². The lowest BCUT2D eigenvalue weighted by atomic mass is 10.3. The lowest BCUT2D eigenvalue weighted by Crippen LogP contribution is -2.10. The van der Waals surface area contributed by atoms with Crippen LogP contribution >= 0.6 is 11.3 Å². The van der Waals surface area contributed by atoms with Gasteiger partial charge < -0.3 is 0 Å². The number of nitrogens with zero attached hydrogens (tertiary/aromatic N) is 4. The van der Waals surface area contributed by atoms with Gasteiger partial charge in [-0.05, 0) is 19.1 Å². The summed E-state index contributed by atoms with van der Waals surface area (Å²) in [5.74, 6) is -0.247. The van der Waals surface area contributed by atoms with Crippen molar-refractivity contribution >= 4 is 22.4 Å². The van der Waals surface area contributed by atoms with Crippen molar-refractivity contribution < 1.29 is 4.79 Å². The van der Waals surface area contributed by atoms with Crippen LogP contribution in [0.2, 0.25) is 0 Å². The molecular weight excluding hydrogens is 274 g/mol. The Bertz CT molecular complexity index is 734. The molecule has 0 radical (unpaired) electrons. The third kappa shape index (κ3) is 2.57. The summed E-state index contributed by atoms with van der Waals surface area (Å²) in [5.41, 5.74) is 1.38. The van der Waals surface area contributed by atoms with E-state index >= 15 is 0 Å². The van der Waals surface area contributed by atoms with Gasteiger partial charge in [-0.3, -0.25) is 10.1 Å². The van der Waals surface area contributed by atoms with Gasteiger partial charge in [0.15, 0.2) is 0 Å². The highest BCUT2D eigenvalue weighted by molar-refractivity contribution is 7.15. The summed E-state index contributed by atoms with van der Waals surface area (Å²) in [7, 11) is 0. The molecular formula is C13H11N5OS. The van der Waals surface area contributed by atoms with Gasteiger partial charge in [-0.25, -0.2) is 4.68 Å². The Morgan fingerprint density at radius 3 is 2.75 bits per heavy atom. The molecule has 0 aliphatic heterocycles. The van der Waals surface area contributed by atoms with E-state index in [4.69, 9.17) is 0 Å². The Hall–Kier alpha value is -2.54. The minimum absolute atomic E-state index is 0.247. The van der Waals surface area contributed by atoms with Crippen molar-refractivity contribution in [1.29, 1.82) is 0 Å². The lowest BCUT2D eigenvalue weighted by molar-refractivity contribution is 0.102. The Kier molecular flexibility index (Phi) is 3.26. The zero-order chi connectivity index (χ0) is 13.9. The molecule has 0 saturated carbocycles. The van der Waals surface area contributed by atoms with E-state index in [1.54, 1.807) is 10.9 Å². The average Bonchev–Trinajstić information content (AvgIpc) is 3.09. The number of hydrogen-bond acceptors (Lipinski definition) is 5. The summed E-state index contributed by atoms with van der Waals surface area (Å²) in [6.07, 6.45) is 3.20. The van der Waals surface area contributed by atoms with Gasteiger partial charge in [0.05, 0.1) is 17.4 Å². The molecule has 7 heteroatoms. The summed E-state index contributed by atoms with van der Waals surface area (Å²) in [6.45, 7) is 1.83. The molecule has 0 bridgehead atoms. The van der Waals surface area contributed by atoms with E-state index < -0.39 is 0 Å². The highest BCUT2D eigenvalue weighted by atomic mass is 32.1. The summed E-state index contributed by atoms with van der Waals surface area (Å²) in [4.78, 5) is 12.0. The second-order valence-electron chi connectivity index (χ2n) is 4.09. The third-order valence-electron chi connectivity index (χ3n) is 2.61. The van der Waals surface area contributed by atoms with Gasteiger partial charge in [0.2, 0.25) is 5.13 Å². The van der Waals surface area contributed by atoms with Crippen molar-refractivity contribution in [2.75, 3.05) is 5.32 Å². The molecule has 0 unspecified atom stereocenters. The molecule has 0 aliphatic rings. The van der Waals surface area contributed by atoms with Crippen LogP contribution in [0.25, 0.3) is 5.69 Å². The predicted molar refractivity (Wildman–Crippen MR) is 76.2 cm³/mol. The molecule has 100 valence electrons. The molecule has 20 heavy (non-hydrogen) atoms. The molecule has 0 spiro atoms. The first-order valence-corrected chi connectivity index (χ1v) is 6.75. The number of rotatable bonds is 3. The molecule has 3 rings (SSSR count). The standard InChI is InChI=1S/C13H11N5OS/c1-9-16-17-13(20-9)15-12(19)10-7-14-18(8-10)11-5-3-2-4-6-11/h2-8H,1H3,(H,15,17,19). The minimum atomic E-state index is -0.247. The van der Waals surface area contributed by atoms with Crippen LogP contribution < -0.4 is 5.32 Å². The highest BCUT2D eigenvalue weighted by Crippen LogP contribution is 2.15. The molecule has 2 aromatic heterocycles. The van der Waals surface area contributed by atoms with Crippen molar-refractivity contribution in [2.45, 2.75) is 6.92 Å². The van der Waals surface area contributed by atoms with Gasteiger partial charge >= 0.3 is 0 Å². The van der Waals surface area contributed by atoms with Gasteiger partial charge in [0.1, 0.15) is 5.01 Å². The van der Waals surface area contributed by atoms with E-state index in [9.17, 15) is 4.79 Å².